The van der Waals surface area contributed by atoms with E-state index in [4.69, 9.17) is 4.74 Å². The SMILES string of the molecule is COc1ccc(-n2c(SCCCCC(=O)N3CCN(C(=O)c4cccc5ccccc45)C(C)C3)nnc2-c2ccccc2)cc1. The van der Waals surface area contributed by atoms with Gasteiger partial charge in [0.15, 0.2) is 11.0 Å². The number of methoxy groups -OCH3 is 1. The summed E-state index contributed by atoms with van der Waals surface area (Å²) in [5.74, 6) is 2.57. The zero-order valence-corrected chi connectivity index (χ0v) is 26.5. The molecule has 1 aromatic heterocycles. The van der Waals surface area contributed by atoms with E-state index in [0.717, 1.165) is 62.9 Å². The van der Waals surface area contributed by atoms with E-state index in [1.807, 2.05) is 114 Å². The average molecular weight is 620 g/mol. The molecule has 9 heteroatoms. The van der Waals surface area contributed by atoms with Gasteiger partial charge >= 0.3 is 0 Å². The number of hydrogen-bond donors (Lipinski definition) is 0. The summed E-state index contributed by atoms with van der Waals surface area (Å²) in [6.45, 7) is 3.68. The van der Waals surface area contributed by atoms with Gasteiger partial charge in [-0.2, -0.15) is 0 Å². The van der Waals surface area contributed by atoms with Crippen LogP contribution in [0, 0.1) is 0 Å². The second-order valence-corrected chi connectivity index (χ2v) is 12.3. The fraction of sp³-hybridized carbons (Fsp3) is 0.278. The first-order valence-electron chi connectivity index (χ1n) is 15.4. The number of piperazine rings is 1. The van der Waals surface area contributed by atoms with Crippen LogP contribution in [0.5, 0.6) is 5.75 Å². The predicted molar refractivity (Wildman–Crippen MR) is 179 cm³/mol. The van der Waals surface area contributed by atoms with Crippen molar-refractivity contribution in [3.05, 3.63) is 103 Å². The Morgan fingerprint density at radius 3 is 2.40 bits per heavy atom. The van der Waals surface area contributed by atoms with E-state index < -0.39 is 0 Å². The number of thioether (sulfide) groups is 1. The molecular weight excluding hydrogens is 582 g/mol. The van der Waals surface area contributed by atoms with Gasteiger partial charge in [-0.25, -0.2) is 0 Å². The Hall–Kier alpha value is -4.63. The lowest BCUT2D eigenvalue weighted by molar-refractivity contribution is -0.133. The maximum Gasteiger partial charge on any atom is 0.254 e. The molecule has 4 aromatic carbocycles. The zero-order valence-electron chi connectivity index (χ0n) is 25.6. The smallest absolute Gasteiger partial charge is 0.254 e. The van der Waals surface area contributed by atoms with Crippen LogP contribution >= 0.6 is 11.8 Å². The molecule has 5 aromatic rings. The number of unbranched alkanes of at least 4 members (excludes halogenated alkanes) is 1. The van der Waals surface area contributed by atoms with Crippen molar-refractivity contribution >= 4 is 34.3 Å². The molecule has 45 heavy (non-hydrogen) atoms. The lowest BCUT2D eigenvalue weighted by Gasteiger charge is -2.40. The second-order valence-electron chi connectivity index (χ2n) is 11.2. The molecule has 0 spiro atoms. The first kappa shape index (κ1) is 30.4. The fourth-order valence-corrected chi connectivity index (χ4v) is 6.80. The molecule has 2 amide bonds. The quantitative estimate of drug-likeness (QED) is 0.127. The molecule has 230 valence electrons. The van der Waals surface area contributed by atoms with Crippen molar-refractivity contribution in [3.63, 3.8) is 0 Å². The lowest BCUT2D eigenvalue weighted by atomic mass is 10.0. The van der Waals surface area contributed by atoms with Gasteiger partial charge in [-0.05, 0) is 60.9 Å². The molecule has 8 nitrogen and oxygen atoms in total. The van der Waals surface area contributed by atoms with Crippen molar-refractivity contribution in [1.82, 2.24) is 24.6 Å². The van der Waals surface area contributed by atoms with Crippen molar-refractivity contribution in [2.45, 2.75) is 37.4 Å². The maximum atomic E-state index is 13.5. The van der Waals surface area contributed by atoms with Gasteiger partial charge in [-0.3, -0.25) is 14.2 Å². The molecular formula is C36H37N5O3S. The topological polar surface area (TPSA) is 80.6 Å². The van der Waals surface area contributed by atoms with Crippen LogP contribution in [0.1, 0.15) is 36.5 Å². The Morgan fingerprint density at radius 2 is 1.62 bits per heavy atom. The summed E-state index contributed by atoms with van der Waals surface area (Å²) < 4.78 is 7.42. The van der Waals surface area contributed by atoms with Crippen LogP contribution in [0.15, 0.2) is 102 Å². The van der Waals surface area contributed by atoms with Crippen LogP contribution in [-0.4, -0.2) is 74.9 Å². The number of ether oxygens (including phenoxy) is 1. The number of amides is 2. The minimum atomic E-state index is -0.0483. The highest BCUT2D eigenvalue weighted by molar-refractivity contribution is 7.99. The van der Waals surface area contributed by atoms with Crippen LogP contribution in [0.2, 0.25) is 0 Å². The van der Waals surface area contributed by atoms with Gasteiger partial charge < -0.3 is 14.5 Å². The molecule has 1 unspecified atom stereocenters. The van der Waals surface area contributed by atoms with E-state index in [2.05, 4.69) is 14.8 Å². The predicted octanol–water partition coefficient (Wildman–Crippen LogP) is 6.73. The molecule has 1 saturated heterocycles. The first-order valence-corrected chi connectivity index (χ1v) is 16.4. The third-order valence-electron chi connectivity index (χ3n) is 8.27. The number of rotatable bonds is 10. The van der Waals surface area contributed by atoms with E-state index in [0.29, 0.717) is 26.1 Å². The number of carbonyl (C=O) groups excluding carboxylic acids is 2. The van der Waals surface area contributed by atoms with Crippen LogP contribution < -0.4 is 4.74 Å². The van der Waals surface area contributed by atoms with Crippen molar-refractivity contribution < 1.29 is 14.3 Å². The van der Waals surface area contributed by atoms with Crippen LogP contribution in [0.25, 0.3) is 27.8 Å². The second kappa shape index (κ2) is 14.0. The van der Waals surface area contributed by atoms with Crippen molar-refractivity contribution in [2.24, 2.45) is 0 Å². The summed E-state index contributed by atoms with van der Waals surface area (Å²) in [5.41, 5.74) is 2.67. The summed E-state index contributed by atoms with van der Waals surface area (Å²) in [7, 11) is 1.66. The van der Waals surface area contributed by atoms with Gasteiger partial charge in [0.2, 0.25) is 5.91 Å². The molecule has 0 aliphatic carbocycles. The van der Waals surface area contributed by atoms with E-state index in [1.54, 1.807) is 18.9 Å². The maximum absolute atomic E-state index is 13.5. The minimum absolute atomic E-state index is 0.0290. The van der Waals surface area contributed by atoms with Gasteiger partial charge in [-0.15, -0.1) is 10.2 Å². The molecule has 0 radical (unpaired) electrons. The number of hydrogen-bond acceptors (Lipinski definition) is 6. The average Bonchev–Trinajstić information content (AvgIpc) is 3.51. The normalized spacial score (nSPS) is 14.9. The summed E-state index contributed by atoms with van der Waals surface area (Å²) in [6, 6.07) is 31.7. The van der Waals surface area contributed by atoms with Gasteiger partial charge in [-0.1, -0.05) is 78.5 Å². The van der Waals surface area contributed by atoms with Crippen LogP contribution in [0.3, 0.4) is 0 Å². The Morgan fingerprint density at radius 1 is 0.867 bits per heavy atom. The molecule has 0 bridgehead atoms. The number of fused-ring (bicyclic) bond motifs is 1. The number of nitrogens with zero attached hydrogens (tertiary/aromatic N) is 5. The highest BCUT2D eigenvalue weighted by atomic mass is 32.2. The highest BCUT2D eigenvalue weighted by Gasteiger charge is 2.30. The number of benzene rings is 4. The molecule has 1 aliphatic rings. The summed E-state index contributed by atoms with van der Waals surface area (Å²) in [4.78, 5) is 30.4. The number of carbonyl (C=O) groups is 2. The Labute approximate surface area is 268 Å². The van der Waals surface area contributed by atoms with Gasteiger partial charge in [0.1, 0.15) is 5.75 Å². The lowest BCUT2D eigenvalue weighted by Crippen LogP contribution is -2.55. The molecule has 1 atom stereocenters. The summed E-state index contributed by atoms with van der Waals surface area (Å²) in [5, 5.41) is 11.9. The number of aromatic nitrogens is 3. The Kier molecular flexibility index (Phi) is 9.45. The van der Waals surface area contributed by atoms with Crippen molar-refractivity contribution in [3.8, 4) is 22.8 Å². The minimum Gasteiger partial charge on any atom is -0.497 e. The molecule has 1 aliphatic heterocycles. The summed E-state index contributed by atoms with van der Waals surface area (Å²) in [6.07, 6.45) is 2.16. The molecule has 6 rings (SSSR count). The molecule has 0 saturated carbocycles. The first-order chi connectivity index (χ1) is 22.0. The summed E-state index contributed by atoms with van der Waals surface area (Å²) >= 11 is 1.65. The monoisotopic (exact) mass is 619 g/mol. The van der Waals surface area contributed by atoms with E-state index in [1.165, 1.54) is 0 Å². The standard InChI is InChI=1S/C36H37N5O3S/c1-26-25-39(22-23-40(26)35(43)32-16-10-14-27-11-6-7-15-31(27)32)33(42)17-8-9-24-45-36-38-37-34(28-12-4-3-5-13-28)41(36)29-18-20-30(44-2)21-19-29/h3-7,10-16,18-21,26H,8-9,17,22-25H2,1-2H3. The van der Waals surface area contributed by atoms with Crippen LogP contribution in [0.4, 0.5) is 0 Å². The Bertz CT molecular complexity index is 1770. The molecule has 0 N–H and O–H groups in total. The van der Waals surface area contributed by atoms with E-state index in [-0.39, 0.29) is 17.9 Å². The van der Waals surface area contributed by atoms with E-state index >= 15 is 0 Å². The zero-order chi connectivity index (χ0) is 31.2. The highest BCUT2D eigenvalue weighted by Crippen LogP contribution is 2.29. The van der Waals surface area contributed by atoms with Gasteiger partial charge in [0.25, 0.3) is 5.91 Å². The third kappa shape index (κ3) is 6.73. The van der Waals surface area contributed by atoms with Gasteiger partial charge in [0.05, 0.1) is 7.11 Å². The van der Waals surface area contributed by atoms with Crippen LogP contribution in [-0.2, 0) is 4.79 Å². The third-order valence-corrected chi connectivity index (χ3v) is 9.29. The van der Waals surface area contributed by atoms with Crippen molar-refractivity contribution in [1.29, 1.82) is 0 Å². The fourth-order valence-electron chi connectivity index (χ4n) is 5.85. The van der Waals surface area contributed by atoms with Gasteiger partial charge in [0, 0.05) is 54.7 Å². The van der Waals surface area contributed by atoms with E-state index in [9.17, 15) is 9.59 Å². The molecule has 2 heterocycles. The van der Waals surface area contributed by atoms with Crippen molar-refractivity contribution in [2.75, 3.05) is 32.5 Å². The largest absolute Gasteiger partial charge is 0.497 e. The Balaban J connectivity index is 1.02. The molecule has 1 fully saturated rings.